The molecule has 0 aliphatic heterocycles. The summed E-state index contributed by atoms with van der Waals surface area (Å²) in [6.07, 6.45) is 3.52. The van der Waals surface area contributed by atoms with Crippen molar-refractivity contribution in [2.75, 3.05) is 0 Å². The summed E-state index contributed by atoms with van der Waals surface area (Å²) in [5.74, 6) is 0. The Morgan fingerprint density at radius 3 is 2.33 bits per heavy atom. The van der Waals surface area contributed by atoms with Crippen LogP contribution in [0.2, 0.25) is 0 Å². The summed E-state index contributed by atoms with van der Waals surface area (Å²) in [6, 6.07) is 17.9. The van der Waals surface area contributed by atoms with Gasteiger partial charge in [0.05, 0.1) is 11.9 Å². The summed E-state index contributed by atoms with van der Waals surface area (Å²) >= 11 is 0. The van der Waals surface area contributed by atoms with Crippen LogP contribution in [-0.4, -0.2) is 15.2 Å². The summed E-state index contributed by atoms with van der Waals surface area (Å²) in [5, 5.41) is 8.17. The van der Waals surface area contributed by atoms with E-state index < -0.39 is 0 Å². The van der Waals surface area contributed by atoms with Crippen LogP contribution >= 0.6 is 0 Å². The summed E-state index contributed by atoms with van der Waals surface area (Å²) in [6.45, 7) is 0. The first-order valence-corrected chi connectivity index (χ1v) is 5.73. The lowest BCUT2D eigenvalue weighted by Crippen LogP contribution is -1.90. The van der Waals surface area contributed by atoms with E-state index in [-0.39, 0.29) is 0 Å². The molecule has 2 heterocycles. The number of benzene rings is 1. The molecule has 0 amide bonds. The van der Waals surface area contributed by atoms with Crippen LogP contribution in [0, 0.1) is 0 Å². The van der Waals surface area contributed by atoms with Gasteiger partial charge in [-0.05, 0) is 23.8 Å². The molecule has 3 aromatic rings. The fraction of sp³-hybridized carbons (Fsp3) is 0. The third kappa shape index (κ3) is 2.11. The van der Waals surface area contributed by atoms with Gasteiger partial charge in [-0.15, -0.1) is 5.10 Å². The van der Waals surface area contributed by atoms with Crippen LogP contribution in [0.15, 0.2) is 67.0 Å². The van der Waals surface area contributed by atoms with Crippen LogP contribution in [0.5, 0.6) is 0 Å². The summed E-state index contributed by atoms with van der Waals surface area (Å²) < 4.78 is 0. The smallest absolute Gasteiger partial charge is 0.112 e. The molecular weight excluding hydrogens is 222 g/mol. The molecule has 0 saturated carbocycles. The molecule has 0 spiro atoms. The first-order valence-electron chi connectivity index (χ1n) is 5.73. The fourth-order valence-corrected chi connectivity index (χ4v) is 1.79. The normalized spacial score (nSPS) is 10.2. The van der Waals surface area contributed by atoms with E-state index in [0.717, 1.165) is 22.5 Å². The standard InChI is InChI=1S/C15H11N3/c1-2-6-12(7-3-1)13-10-15(18-17-11-13)14-8-4-5-9-16-14/h1-11H. The molecule has 0 aliphatic rings. The molecule has 0 bridgehead atoms. The van der Waals surface area contributed by atoms with E-state index in [1.54, 1.807) is 12.4 Å². The van der Waals surface area contributed by atoms with Crippen LogP contribution in [0.4, 0.5) is 0 Å². The lowest BCUT2D eigenvalue weighted by Gasteiger charge is -2.03. The molecular formula is C15H11N3. The van der Waals surface area contributed by atoms with Gasteiger partial charge in [0.2, 0.25) is 0 Å². The Hall–Kier alpha value is -2.55. The van der Waals surface area contributed by atoms with Crippen molar-refractivity contribution in [3.8, 4) is 22.5 Å². The Kier molecular flexibility index (Phi) is 2.80. The molecule has 0 saturated heterocycles. The average Bonchev–Trinajstić information content (AvgIpc) is 2.49. The van der Waals surface area contributed by atoms with Crippen molar-refractivity contribution in [2.45, 2.75) is 0 Å². The molecule has 18 heavy (non-hydrogen) atoms. The van der Waals surface area contributed by atoms with Gasteiger partial charge >= 0.3 is 0 Å². The second-order valence-corrected chi connectivity index (χ2v) is 3.91. The van der Waals surface area contributed by atoms with Gasteiger partial charge in [-0.3, -0.25) is 4.98 Å². The van der Waals surface area contributed by atoms with E-state index in [9.17, 15) is 0 Å². The Morgan fingerprint density at radius 1 is 0.722 bits per heavy atom. The maximum absolute atomic E-state index is 4.28. The van der Waals surface area contributed by atoms with Gasteiger partial charge in [-0.1, -0.05) is 36.4 Å². The van der Waals surface area contributed by atoms with Crippen LogP contribution in [0.1, 0.15) is 0 Å². The highest BCUT2D eigenvalue weighted by molar-refractivity contribution is 5.67. The van der Waals surface area contributed by atoms with Gasteiger partial charge in [-0.25, -0.2) is 0 Å². The van der Waals surface area contributed by atoms with E-state index in [0.29, 0.717) is 0 Å². The van der Waals surface area contributed by atoms with Crippen LogP contribution < -0.4 is 0 Å². The number of aromatic nitrogens is 3. The van der Waals surface area contributed by atoms with E-state index in [1.807, 2.05) is 42.5 Å². The quantitative estimate of drug-likeness (QED) is 0.682. The fourth-order valence-electron chi connectivity index (χ4n) is 1.79. The average molecular weight is 233 g/mol. The number of hydrogen-bond acceptors (Lipinski definition) is 3. The zero-order chi connectivity index (χ0) is 12.2. The minimum absolute atomic E-state index is 0.789. The first kappa shape index (κ1) is 10.6. The predicted octanol–water partition coefficient (Wildman–Crippen LogP) is 3.21. The minimum atomic E-state index is 0.789. The molecule has 1 aromatic carbocycles. The van der Waals surface area contributed by atoms with E-state index in [1.165, 1.54) is 0 Å². The monoisotopic (exact) mass is 233 g/mol. The molecule has 86 valence electrons. The third-order valence-electron chi connectivity index (χ3n) is 2.69. The summed E-state index contributed by atoms with van der Waals surface area (Å²) in [7, 11) is 0. The molecule has 0 fully saturated rings. The Balaban J connectivity index is 2.05. The Bertz CT molecular complexity index is 581. The van der Waals surface area contributed by atoms with Crippen molar-refractivity contribution < 1.29 is 0 Å². The molecule has 0 atom stereocenters. The highest BCUT2D eigenvalue weighted by Gasteiger charge is 2.03. The van der Waals surface area contributed by atoms with Gasteiger partial charge in [0, 0.05) is 11.8 Å². The Morgan fingerprint density at radius 2 is 1.56 bits per heavy atom. The van der Waals surface area contributed by atoms with Crippen molar-refractivity contribution in [2.24, 2.45) is 0 Å². The van der Waals surface area contributed by atoms with Crippen molar-refractivity contribution in [3.05, 3.63) is 67.0 Å². The molecule has 3 heteroatoms. The van der Waals surface area contributed by atoms with Crippen molar-refractivity contribution in [3.63, 3.8) is 0 Å². The second-order valence-electron chi connectivity index (χ2n) is 3.91. The minimum Gasteiger partial charge on any atom is -0.255 e. The lowest BCUT2D eigenvalue weighted by atomic mass is 10.1. The highest BCUT2D eigenvalue weighted by atomic mass is 15.1. The van der Waals surface area contributed by atoms with Crippen molar-refractivity contribution >= 4 is 0 Å². The van der Waals surface area contributed by atoms with Gasteiger partial charge in [0.15, 0.2) is 0 Å². The maximum atomic E-state index is 4.28. The van der Waals surface area contributed by atoms with E-state index >= 15 is 0 Å². The molecule has 0 N–H and O–H groups in total. The van der Waals surface area contributed by atoms with E-state index in [4.69, 9.17) is 0 Å². The Labute approximate surface area is 105 Å². The number of nitrogens with zero attached hydrogens (tertiary/aromatic N) is 3. The third-order valence-corrected chi connectivity index (χ3v) is 2.69. The van der Waals surface area contributed by atoms with Crippen LogP contribution in [0.25, 0.3) is 22.5 Å². The molecule has 0 unspecified atom stereocenters. The van der Waals surface area contributed by atoms with Gasteiger partial charge < -0.3 is 0 Å². The maximum Gasteiger partial charge on any atom is 0.112 e. The number of rotatable bonds is 2. The number of pyridine rings is 1. The summed E-state index contributed by atoms with van der Waals surface area (Å²) in [4.78, 5) is 4.28. The molecule has 3 rings (SSSR count). The SMILES string of the molecule is c1ccc(-c2cnnc(-c3ccccn3)c2)cc1. The van der Waals surface area contributed by atoms with Crippen LogP contribution in [0.3, 0.4) is 0 Å². The summed E-state index contributed by atoms with van der Waals surface area (Å²) in [5.41, 5.74) is 3.80. The zero-order valence-corrected chi connectivity index (χ0v) is 9.69. The first-order chi connectivity index (χ1) is 8.93. The lowest BCUT2D eigenvalue weighted by molar-refractivity contribution is 1.03. The van der Waals surface area contributed by atoms with E-state index in [2.05, 4.69) is 27.3 Å². The van der Waals surface area contributed by atoms with Gasteiger partial charge in [0.1, 0.15) is 5.69 Å². The molecule has 2 aromatic heterocycles. The molecule has 0 aliphatic carbocycles. The molecule has 0 radical (unpaired) electrons. The van der Waals surface area contributed by atoms with Crippen molar-refractivity contribution in [1.82, 2.24) is 15.2 Å². The highest BCUT2D eigenvalue weighted by Crippen LogP contribution is 2.21. The predicted molar refractivity (Wildman–Crippen MR) is 70.7 cm³/mol. The second kappa shape index (κ2) is 4.75. The van der Waals surface area contributed by atoms with Gasteiger partial charge in [0.25, 0.3) is 0 Å². The van der Waals surface area contributed by atoms with Crippen LogP contribution in [-0.2, 0) is 0 Å². The topological polar surface area (TPSA) is 38.7 Å². The largest absolute Gasteiger partial charge is 0.255 e. The number of hydrogen-bond donors (Lipinski definition) is 0. The van der Waals surface area contributed by atoms with Crippen molar-refractivity contribution in [1.29, 1.82) is 0 Å². The van der Waals surface area contributed by atoms with Gasteiger partial charge in [-0.2, -0.15) is 5.10 Å². The zero-order valence-electron chi connectivity index (χ0n) is 9.69. The molecule has 3 nitrogen and oxygen atoms in total.